The van der Waals surface area contributed by atoms with E-state index in [0.29, 0.717) is 16.4 Å². The molecule has 5 aromatic rings. The van der Waals surface area contributed by atoms with Crippen LogP contribution in [0.2, 0.25) is 0 Å². The van der Waals surface area contributed by atoms with Crippen molar-refractivity contribution in [3.63, 3.8) is 0 Å². The van der Waals surface area contributed by atoms with Gasteiger partial charge >= 0.3 is 6.18 Å². The molecule has 0 amide bonds. The summed E-state index contributed by atoms with van der Waals surface area (Å²) in [6.07, 6.45) is -1.98. The fraction of sp³-hybridized carbons (Fsp3) is 0.120. The minimum atomic E-state index is -4.98. The van der Waals surface area contributed by atoms with E-state index in [0.717, 1.165) is 11.1 Å². The summed E-state index contributed by atoms with van der Waals surface area (Å²) >= 11 is 0. The second-order valence-corrected chi connectivity index (χ2v) is 7.64. The summed E-state index contributed by atoms with van der Waals surface area (Å²) in [6.45, 7) is -1.02. The van der Waals surface area contributed by atoms with Gasteiger partial charge in [0.05, 0.1) is 17.4 Å². The summed E-state index contributed by atoms with van der Waals surface area (Å²) < 4.78 is 49.5. The third-order valence-electron chi connectivity index (χ3n) is 5.55. The number of benzene rings is 3. The molecule has 0 radical (unpaired) electrons. The van der Waals surface area contributed by atoms with Crippen molar-refractivity contribution >= 4 is 21.8 Å². The first-order valence-electron chi connectivity index (χ1n) is 10.2. The Morgan fingerprint density at radius 1 is 0.879 bits per heavy atom. The number of alkyl halides is 3. The molecule has 166 valence electrons. The highest BCUT2D eigenvalue weighted by molar-refractivity contribution is 5.84. The Labute approximate surface area is 186 Å². The summed E-state index contributed by atoms with van der Waals surface area (Å²) in [5.74, 6) is 0.161. The molecule has 1 unspecified atom stereocenters. The van der Waals surface area contributed by atoms with Gasteiger partial charge in [0.15, 0.2) is 0 Å². The van der Waals surface area contributed by atoms with E-state index < -0.39 is 18.4 Å². The van der Waals surface area contributed by atoms with Gasteiger partial charge in [0.2, 0.25) is 5.60 Å². The zero-order valence-corrected chi connectivity index (χ0v) is 17.2. The van der Waals surface area contributed by atoms with Crippen LogP contribution in [-0.4, -0.2) is 32.7 Å². The Morgan fingerprint density at radius 2 is 1.67 bits per heavy atom. The van der Waals surface area contributed by atoms with E-state index in [4.69, 9.17) is 4.74 Å². The van der Waals surface area contributed by atoms with E-state index in [2.05, 4.69) is 10.1 Å². The Kier molecular flexibility index (Phi) is 5.02. The maximum atomic E-state index is 14.1. The zero-order valence-electron chi connectivity index (χ0n) is 17.2. The summed E-state index contributed by atoms with van der Waals surface area (Å²) in [6, 6.07) is 21.8. The van der Waals surface area contributed by atoms with Crippen LogP contribution < -0.4 is 4.74 Å². The number of nitrogens with zero attached hydrogens (tertiary/aromatic N) is 3. The van der Waals surface area contributed by atoms with Crippen LogP contribution in [0.5, 0.6) is 5.75 Å². The molecule has 3 aromatic carbocycles. The van der Waals surface area contributed by atoms with Gasteiger partial charge in [-0.2, -0.15) is 18.3 Å². The third-order valence-corrected chi connectivity index (χ3v) is 5.55. The highest BCUT2D eigenvalue weighted by atomic mass is 19.4. The van der Waals surface area contributed by atoms with Gasteiger partial charge in [-0.05, 0) is 42.0 Å². The second kappa shape index (κ2) is 7.90. The van der Waals surface area contributed by atoms with Crippen LogP contribution in [0.4, 0.5) is 13.2 Å². The molecule has 8 heteroatoms. The Hall–Kier alpha value is -3.91. The average molecular weight is 449 g/mol. The van der Waals surface area contributed by atoms with Crippen LogP contribution in [0.1, 0.15) is 5.56 Å². The van der Waals surface area contributed by atoms with Gasteiger partial charge in [-0.25, -0.2) is 4.68 Å². The van der Waals surface area contributed by atoms with E-state index in [1.807, 2.05) is 30.3 Å². The number of pyridine rings is 1. The molecular weight excluding hydrogens is 431 g/mol. The standard InChI is InChI=1S/C25H18F3N3O2/c26-25(27,28)24(32,16-33-22-10-4-6-17-7-5-13-29-23(17)22)19-11-12-21-18(14-19)15-30-31(21)20-8-2-1-3-9-20/h1-15,32H,16H2. The lowest BCUT2D eigenvalue weighted by atomic mass is 9.93. The van der Waals surface area contributed by atoms with Crippen molar-refractivity contribution in [2.24, 2.45) is 0 Å². The highest BCUT2D eigenvalue weighted by Gasteiger charge is 2.56. The van der Waals surface area contributed by atoms with Crippen LogP contribution in [0.3, 0.4) is 0 Å². The molecule has 0 saturated carbocycles. The predicted octanol–water partition coefficient (Wildman–Crippen LogP) is 5.40. The number of ether oxygens (including phenoxy) is 1. The van der Waals surface area contributed by atoms with Crippen LogP contribution in [0.15, 0.2) is 91.3 Å². The summed E-state index contributed by atoms with van der Waals surface area (Å²) in [5.41, 5.74) is -1.74. The van der Waals surface area contributed by atoms with Crippen LogP contribution in [0, 0.1) is 0 Å². The second-order valence-electron chi connectivity index (χ2n) is 7.64. The van der Waals surface area contributed by atoms with Crippen molar-refractivity contribution in [2.45, 2.75) is 11.8 Å². The van der Waals surface area contributed by atoms with E-state index in [9.17, 15) is 18.3 Å². The number of halogens is 3. The maximum Gasteiger partial charge on any atom is 0.424 e. The van der Waals surface area contributed by atoms with Gasteiger partial charge in [0.1, 0.15) is 17.9 Å². The maximum absolute atomic E-state index is 14.1. The Bertz CT molecular complexity index is 1430. The first-order valence-corrected chi connectivity index (χ1v) is 10.2. The third kappa shape index (κ3) is 3.68. The van der Waals surface area contributed by atoms with E-state index in [1.165, 1.54) is 36.7 Å². The number of hydrogen-bond donors (Lipinski definition) is 1. The normalized spacial score (nSPS) is 13.8. The molecule has 0 aliphatic heterocycles. The van der Waals surface area contributed by atoms with Crippen molar-refractivity contribution in [3.8, 4) is 11.4 Å². The quantitative estimate of drug-likeness (QED) is 0.390. The molecule has 0 spiro atoms. The molecule has 0 aliphatic rings. The Balaban J connectivity index is 1.52. The molecule has 2 heterocycles. The number of aliphatic hydroxyl groups is 1. The lowest BCUT2D eigenvalue weighted by Crippen LogP contribution is -2.47. The van der Waals surface area contributed by atoms with Crippen LogP contribution >= 0.6 is 0 Å². The van der Waals surface area contributed by atoms with Gasteiger partial charge in [-0.15, -0.1) is 0 Å². The molecule has 0 saturated heterocycles. The molecule has 33 heavy (non-hydrogen) atoms. The highest BCUT2D eigenvalue weighted by Crippen LogP contribution is 2.41. The van der Waals surface area contributed by atoms with Gasteiger partial charge in [0.25, 0.3) is 0 Å². The summed E-state index contributed by atoms with van der Waals surface area (Å²) in [5, 5.41) is 16.3. The van der Waals surface area contributed by atoms with Crippen LogP contribution in [0.25, 0.3) is 27.5 Å². The monoisotopic (exact) mass is 449 g/mol. The molecule has 2 aromatic heterocycles. The predicted molar refractivity (Wildman–Crippen MR) is 118 cm³/mol. The fourth-order valence-electron chi connectivity index (χ4n) is 3.77. The minimum Gasteiger partial charge on any atom is -0.488 e. The van der Waals surface area contributed by atoms with Crippen LogP contribution in [-0.2, 0) is 5.60 Å². The molecule has 1 N–H and O–H groups in total. The smallest absolute Gasteiger partial charge is 0.424 e. The Morgan fingerprint density at radius 3 is 2.45 bits per heavy atom. The number of hydrogen-bond acceptors (Lipinski definition) is 4. The minimum absolute atomic E-state index is 0.161. The van der Waals surface area contributed by atoms with Gasteiger partial charge in [-0.3, -0.25) is 4.98 Å². The van der Waals surface area contributed by atoms with Gasteiger partial charge in [0, 0.05) is 17.0 Å². The van der Waals surface area contributed by atoms with E-state index in [1.54, 1.807) is 28.9 Å². The molecule has 0 bridgehead atoms. The first-order chi connectivity index (χ1) is 15.9. The topological polar surface area (TPSA) is 60.2 Å². The summed E-state index contributed by atoms with van der Waals surface area (Å²) in [4.78, 5) is 4.19. The lowest BCUT2D eigenvalue weighted by molar-refractivity contribution is -0.275. The molecule has 5 rings (SSSR count). The van der Waals surface area contributed by atoms with Gasteiger partial charge < -0.3 is 9.84 Å². The van der Waals surface area contributed by atoms with Crippen molar-refractivity contribution < 1.29 is 23.0 Å². The van der Waals surface area contributed by atoms with Gasteiger partial charge in [-0.1, -0.05) is 42.5 Å². The van der Waals surface area contributed by atoms with Crippen molar-refractivity contribution in [3.05, 3.63) is 96.8 Å². The van der Waals surface area contributed by atoms with Crippen molar-refractivity contribution in [1.29, 1.82) is 0 Å². The first kappa shape index (κ1) is 21.0. The largest absolute Gasteiger partial charge is 0.488 e. The number of fused-ring (bicyclic) bond motifs is 2. The summed E-state index contributed by atoms with van der Waals surface area (Å²) in [7, 11) is 0. The molecule has 0 aliphatic carbocycles. The average Bonchev–Trinajstić information content (AvgIpc) is 3.25. The van der Waals surface area contributed by atoms with Crippen molar-refractivity contribution in [1.82, 2.24) is 14.8 Å². The zero-order chi connectivity index (χ0) is 23.1. The van der Waals surface area contributed by atoms with E-state index in [-0.39, 0.29) is 11.3 Å². The lowest BCUT2D eigenvalue weighted by Gasteiger charge is -2.31. The molecule has 1 atom stereocenters. The SMILES string of the molecule is OC(COc1cccc2cccnc12)(c1ccc2c(cnn2-c2ccccc2)c1)C(F)(F)F. The molecular formula is C25H18F3N3O2. The van der Waals surface area contributed by atoms with E-state index >= 15 is 0 Å². The fourth-order valence-corrected chi connectivity index (χ4v) is 3.77. The number of aromatic nitrogens is 3. The number of para-hydroxylation sites is 2. The molecule has 0 fully saturated rings. The van der Waals surface area contributed by atoms with Crippen molar-refractivity contribution in [2.75, 3.05) is 6.61 Å². The molecule has 5 nitrogen and oxygen atoms in total. The number of rotatable bonds is 5.